The van der Waals surface area contributed by atoms with E-state index in [0.29, 0.717) is 29.3 Å². The fourth-order valence-corrected chi connectivity index (χ4v) is 5.64. The minimum Gasteiger partial charge on any atom is -0.495 e. The number of benzene rings is 1. The van der Waals surface area contributed by atoms with E-state index in [1.165, 1.54) is 28.8 Å². The fourth-order valence-electron chi connectivity index (χ4n) is 3.13. The highest BCUT2D eigenvalue weighted by molar-refractivity contribution is 7.89. The molecule has 27 heavy (non-hydrogen) atoms. The van der Waals surface area contributed by atoms with Crippen LogP contribution in [0.1, 0.15) is 39.6 Å². The molecular formula is C18H23N3O4S2. The molecule has 1 fully saturated rings. The first-order valence-electron chi connectivity index (χ1n) is 8.76. The first-order valence-corrected chi connectivity index (χ1v) is 11.0. The normalized spacial score (nSPS) is 15.5. The van der Waals surface area contributed by atoms with Crippen LogP contribution in [-0.2, 0) is 10.0 Å². The van der Waals surface area contributed by atoms with Gasteiger partial charge >= 0.3 is 0 Å². The van der Waals surface area contributed by atoms with E-state index >= 15 is 0 Å². The summed E-state index contributed by atoms with van der Waals surface area (Å²) in [6, 6.07) is 4.66. The van der Waals surface area contributed by atoms with E-state index in [-0.39, 0.29) is 16.6 Å². The Morgan fingerprint density at radius 2 is 1.93 bits per heavy atom. The van der Waals surface area contributed by atoms with Gasteiger partial charge in [0.15, 0.2) is 0 Å². The SMILES string of the molecule is COc1ccc(NC(=O)c2sc(C)nc2C)cc1S(=O)(=O)N1CCCCC1. The van der Waals surface area contributed by atoms with Crippen LogP contribution in [0.15, 0.2) is 23.1 Å². The van der Waals surface area contributed by atoms with Gasteiger partial charge in [0.05, 0.1) is 17.8 Å². The summed E-state index contributed by atoms with van der Waals surface area (Å²) in [6.07, 6.45) is 2.73. The van der Waals surface area contributed by atoms with Crippen molar-refractivity contribution >= 4 is 33.0 Å². The van der Waals surface area contributed by atoms with Gasteiger partial charge in [-0.05, 0) is 44.9 Å². The number of hydrogen-bond donors (Lipinski definition) is 1. The van der Waals surface area contributed by atoms with Crippen molar-refractivity contribution in [2.24, 2.45) is 0 Å². The Kier molecular flexibility index (Phi) is 5.83. The van der Waals surface area contributed by atoms with Crippen molar-refractivity contribution in [1.29, 1.82) is 0 Å². The van der Waals surface area contributed by atoms with Crippen LogP contribution in [0.4, 0.5) is 5.69 Å². The molecule has 1 aliphatic heterocycles. The topological polar surface area (TPSA) is 88.6 Å². The van der Waals surface area contributed by atoms with E-state index in [0.717, 1.165) is 24.3 Å². The molecule has 1 N–H and O–H groups in total. The molecule has 1 aliphatic rings. The molecule has 0 spiro atoms. The number of carbonyl (C=O) groups is 1. The summed E-state index contributed by atoms with van der Waals surface area (Å²) in [7, 11) is -2.25. The smallest absolute Gasteiger partial charge is 0.267 e. The van der Waals surface area contributed by atoms with Crippen LogP contribution in [0.25, 0.3) is 0 Å². The Labute approximate surface area is 163 Å². The summed E-state index contributed by atoms with van der Waals surface area (Å²) < 4.78 is 32.9. The second-order valence-corrected chi connectivity index (χ2v) is 9.54. The standard InChI is InChI=1S/C18H23N3O4S2/c1-12-17(26-13(2)19-12)18(22)20-14-7-8-15(25-3)16(11-14)27(23,24)21-9-5-4-6-10-21/h7-8,11H,4-6,9-10H2,1-3H3,(H,20,22). The lowest BCUT2D eigenvalue weighted by Crippen LogP contribution is -2.35. The molecule has 0 saturated carbocycles. The van der Waals surface area contributed by atoms with Crippen LogP contribution in [0.2, 0.25) is 0 Å². The van der Waals surface area contributed by atoms with Crippen molar-refractivity contribution < 1.29 is 17.9 Å². The zero-order valence-electron chi connectivity index (χ0n) is 15.6. The monoisotopic (exact) mass is 409 g/mol. The summed E-state index contributed by atoms with van der Waals surface area (Å²) in [6.45, 7) is 4.62. The maximum Gasteiger partial charge on any atom is 0.267 e. The van der Waals surface area contributed by atoms with Crippen LogP contribution >= 0.6 is 11.3 Å². The predicted octanol–water partition coefficient (Wildman–Crippen LogP) is 3.20. The molecule has 1 saturated heterocycles. The number of rotatable bonds is 5. The van der Waals surface area contributed by atoms with Crippen LogP contribution in [-0.4, -0.2) is 43.8 Å². The van der Waals surface area contributed by atoms with Gasteiger partial charge < -0.3 is 10.1 Å². The summed E-state index contributed by atoms with van der Waals surface area (Å²) in [5.74, 6) is -0.0343. The number of sulfonamides is 1. The van der Waals surface area contributed by atoms with Gasteiger partial charge in [-0.25, -0.2) is 13.4 Å². The quantitative estimate of drug-likeness (QED) is 0.819. The van der Waals surface area contributed by atoms with Crippen molar-refractivity contribution in [3.05, 3.63) is 33.8 Å². The summed E-state index contributed by atoms with van der Waals surface area (Å²) in [4.78, 5) is 17.4. The molecule has 0 radical (unpaired) electrons. The molecule has 3 rings (SSSR count). The van der Waals surface area contributed by atoms with Gasteiger partial charge in [-0.2, -0.15) is 4.31 Å². The lowest BCUT2D eigenvalue weighted by Gasteiger charge is -2.26. The molecule has 2 heterocycles. The zero-order valence-corrected chi connectivity index (χ0v) is 17.2. The molecular weight excluding hydrogens is 386 g/mol. The molecule has 7 nitrogen and oxygen atoms in total. The number of aryl methyl sites for hydroxylation is 2. The van der Waals surface area contributed by atoms with E-state index in [4.69, 9.17) is 4.74 Å². The first-order chi connectivity index (χ1) is 12.8. The van der Waals surface area contributed by atoms with Crippen LogP contribution < -0.4 is 10.1 Å². The zero-order chi connectivity index (χ0) is 19.6. The second-order valence-electron chi connectivity index (χ2n) is 6.43. The average Bonchev–Trinajstić information content (AvgIpc) is 3.00. The molecule has 0 unspecified atom stereocenters. The minimum absolute atomic E-state index is 0.0712. The number of piperidine rings is 1. The third kappa shape index (κ3) is 4.15. The van der Waals surface area contributed by atoms with Crippen LogP contribution in [0, 0.1) is 13.8 Å². The number of amides is 1. The lowest BCUT2D eigenvalue weighted by molar-refractivity contribution is 0.102. The van der Waals surface area contributed by atoms with E-state index in [9.17, 15) is 13.2 Å². The van der Waals surface area contributed by atoms with Gasteiger partial charge in [0.25, 0.3) is 5.91 Å². The summed E-state index contributed by atoms with van der Waals surface area (Å²) in [5.41, 5.74) is 1.06. The Bertz CT molecular complexity index is 948. The molecule has 1 amide bonds. The average molecular weight is 410 g/mol. The van der Waals surface area contributed by atoms with Gasteiger partial charge in [-0.1, -0.05) is 6.42 Å². The molecule has 0 bridgehead atoms. The van der Waals surface area contributed by atoms with Crippen LogP contribution in [0.3, 0.4) is 0 Å². The fraction of sp³-hybridized carbons (Fsp3) is 0.444. The number of nitrogens with one attached hydrogen (secondary N) is 1. The maximum absolute atomic E-state index is 13.1. The summed E-state index contributed by atoms with van der Waals surface area (Å²) >= 11 is 1.31. The number of carbonyl (C=O) groups excluding carboxylic acids is 1. The van der Waals surface area contributed by atoms with Gasteiger partial charge in [0, 0.05) is 18.8 Å². The Morgan fingerprint density at radius 3 is 2.52 bits per heavy atom. The van der Waals surface area contributed by atoms with Crippen molar-refractivity contribution in [3.63, 3.8) is 0 Å². The largest absolute Gasteiger partial charge is 0.495 e. The predicted molar refractivity (Wildman–Crippen MR) is 105 cm³/mol. The van der Waals surface area contributed by atoms with E-state index in [1.807, 2.05) is 6.92 Å². The maximum atomic E-state index is 13.1. The summed E-state index contributed by atoms with van der Waals surface area (Å²) in [5, 5.41) is 3.58. The van der Waals surface area contributed by atoms with Gasteiger partial charge in [-0.15, -0.1) is 11.3 Å². The van der Waals surface area contributed by atoms with Gasteiger partial charge in [-0.3, -0.25) is 4.79 Å². The first kappa shape index (κ1) is 19.8. The van der Waals surface area contributed by atoms with Crippen LogP contribution in [0.5, 0.6) is 5.75 Å². The van der Waals surface area contributed by atoms with Crippen molar-refractivity contribution in [1.82, 2.24) is 9.29 Å². The Balaban J connectivity index is 1.91. The molecule has 1 aromatic carbocycles. The number of methoxy groups -OCH3 is 1. The highest BCUT2D eigenvalue weighted by atomic mass is 32.2. The molecule has 146 valence electrons. The Morgan fingerprint density at radius 1 is 1.22 bits per heavy atom. The number of nitrogens with zero attached hydrogens (tertiary/aromatic N) is 2. The molecule has 9 heteroatoms. The van der Waals surface area contributed by atoms with Gasteiger partial charge in [0.2, 0.25) is 10.0 Å². The van der Waals surface area contributed by atoms with Crippen molar-refractivity contribution in [2.45, 2.75) is 38.0 Å². The number of aromatic nitrogens is 1. The highest BCUT2D eigenvalue weighted by Gasteiger charge is 2.29. The molecule has 1 aromatic heterocycles. The third-order valence-electron chi connectivity index (χ3n) is 4.46. The van der Waals surface area contributed by atoms with E-state index in [1.54, 1.807) is 19.1 Å². The van der Waals surface area contributed by atoms with Gasteiger partial charge in [0.1, 0.15) is 15.5 Å². The van der Waals surface area contributed by atoms with Crippen molar-refractivity contribution in [2.75, 3.05) is 25.5 Å². The number of anilines is 1. The lowest BCUT2D eigenvalue weighted by atomic mass is 10.2. The third-order valence-corrected chi connectivity index (χ3v) is 7.46. The highest BCUT2D eigenvalue weighted by Crippen LogP contribution is 2.31. The van der Waals surface area contributed by atoms with Crippen molar-refractivity contribution in [3.8, 4) is 5.75 Å². The number of hydrogen-bond acceptors (Lipinski definition) is 6. The molecule has 2 aromatic rings. The number of ether oxygens (including phenoxy) is 1. The number of thiazole rings is 1. The minimum atomic E-state index is -3.68. The molecule has 0 aliphatic carbocycles. The van der Waals surface area contributed by atoms with E-state index < -0.39 is 10.0 Å². The Hall–Kier alpha value is -1.97. The second kappa shape index (κ2) is 7.95. The van der Waals surface area contributed by atoms with E-state index in [2.05, 4.69) is 10.3 Å². The molecule has 0 atom stereocenters.